The van der Waals surface area contributed by atoms with Gasteiger partial charge in [-0.1, -0.05) is 30.3 Å². The number of benzene rings is 1. The number of thiophene rings is 1. The Bertz CT molecular complexity index is 685. The third-order valence-corrected chi connectivity index (χ3v) is 4.63. The second-order valence-electron chi connectivity index (χ2n) is 5.00. The van der Waals surface area contributed by atoms with Crippen LogP contribution in [-0.2, 0) is 20.0 Å². The molecule has 0 aliphatic heterocycles. The second kappa shape index (κ2) is 6.70. The van der Waals surface area contributed by atoms with Gasteiger partial charge in [-0.05, 0) is 23.8 Å². The molecular weight excluding hydrogens is 278 g/mol. The first-order valence-electron chi connectivity index (χ1n) is 7.14. The van der Waals surface area contributed by atoms with Crippen molar-refractivity contribution in [1.29, 1.82) is 0 Å². The Labute approximate surface area is 129 Å². The van der Waals surface area contributed by atoms with Crippen LogP contribution in [0.15, 0.2) is 54.7 Å². The molecule has 1 aromatic carbocycles. The molecular formula is C17H19N3S. The van der Waals surface area contributed by atoms with Gasteiger partial charge in [0.25, 0.3) is 0 Å². The van der Waals surface area contributed by atoms with Crippen LogP contribution in [-0.4, -0.2) is 16.3 Å². The molecule has 0 bridgehead atoms. The van der Waals surface area contributed by atoms with E-state index in [9.17, 15) is 0 Å². The van der Waals surface area contributed by atoms with E-state index in [2.05, 4.69) is 58.9 Å². The first-order valence-corrected chi connectivity index (χ1v) is 7.96. The minimum absolute atomic E-state index is 0.926. The third-order valence-electron chi connectivity index (χ3n) is 3.50. The zero-order valence-corrected chi connectivity index (χ0v) is 12.9. The van der Waals surface area contributed by atoms with Crippen LogP contribution < -0.4 is 5.32 Å². The molecule has 4 heteroatoms. The second-order valence-corrected chi connectivity index (χ2v) is 6.17. The molecule has 1 N–H and O–H groups in total. The highest BCUT2D eigenvalue weighted by atomic mass is 32.1. The van der Waals surface area contributed by atoms with Gasteiger partial charge in [0.2, 0.25) is 0 Å². The summed E-state index contributed by atoms with van der Waals surface area (Å²) in [5.41, 5.74) is 2.56. The normalized spacial score (nSPS) is 10.9. The minimum Gasteiger partial charge on any atom is -0.311 e. The largest absolute Gasteiger partial charge is 0.311 e. The Hall–Kier alpha value is -1.91. The molecule has 0 aliphatic rings. The van der Waals surface area contributed by atoms with Crippen molar-refractivity contribution in [3.63, 3.8) is 0 Å². The predicted octanol–water partition coefficient (Wildman–Crippen LogP) is 3.48. The lowest BCUT2D eigenvalue weighted by atomic mass is 10.2. The van der Waals surface area contributed by atoms with Crippen LogP contribution in [0.1, 0.15) is 10.6 Å². The Morgan fingerprint density at radius 1 is 1.10 bits per heavy atom. The van der Waals surface area contributed by atoms with Gasteiger partial charge in [0.1, 0.15) is 0 Å². The maximum Gasteiger partial charge on any atom is 0.0492 e. The highest BCUT2D eigenvalue weighted by Gasteiger charge is 2.03. The van der Waals surface area contributed by atoms with Crippen molar-refractivity contribution in [1.82, 2.24) is 15.1 Å². The maximum atomic E-state index is 4.18. The lowest BCUT2D eigenvalue weighted by Gasteiger charge is -2.03. The average Bonchev–Trinajstić information content (AvgIpc) is 3.14. The van der Waals surface area contributed by atoms with Crippen molar-refractivity contribution in [2.45, 2.75) is 13.0 Å². The van der Waals surface area contributed by atoms with E-state index < -0.39 is 0 Å². The van der Waals surface area contributed by atoms with Crippen LogP contribution in [0.2, 0.25) is 0 Å². The molecule has 2 aromatic heterocycles. The Morgan fingerprint density at radius 2 is 1.95 bits per heavy atom. The van der Waals surface area contributed by atoms with Crippen molar-refractivity contribution in [3.8, 4) is 10.4 Å². The first kappa shape index (κ1) is 14.0. The van der Waals surface area contributed by atoms with Crippen LogP contribution >= 0.6 is 11.3 Å². The topological polar surface area (TPSA) is 29.9 Å². The van der Waals surface area contributed by atoms with E-state index in [1.807, 2.05) is 29.3 Å². The van der Waals surface area contributed by atoms with Crippen molar-refractivity contribution < 1.29 is 0 Å². The average molecular weight is 297 g/mol. The van der Waals surface area contributed by atoms with Crippen LogP contribution in [0.3, 0.4) is 0 Å². The molecule has 108 valence electrons. The molecule has 0 unspecified atom stereocenters. The Morgan fingerprint density at radius 3 is 2.71 bits per heavy atom. The molecule has 3 rings (SSSR count). The minimum atomic E-state index is 0.926. The molecule has 2 heterocycles. The first-order chi connectivity index (χ1) is 10.3. The Kier molecular flexibility index (Phi) is 4.48. The lowest BCUT2D eigenvalue weighted by Crippen LogP contribution is -2.17. The maximum absolute atomic E-state index is 4.18. The van der Waals surface area contributed by atoms with Crippen molar-refractivity contribution >= 4 is 11.3 Å². The third kappa shape index (κ3) is 3.60. The summed E-state index contributed by atoms with van der Waals surface area (Å²) >= 11 is 1.86. The van der Waals surface area contributed by atoms with Gasteiger partial charge in [0, 0.05) is 48.2 Å². The van der Waals surface area contributed by atoms with E-state index in [1.54, 1.807) is 0 Å². The van der Waals surface area contributed by atoms with Crippen molar-refractivity contribution in [3.05, 3.63) is 65.3 Å². The molecule has 3 nitrogen and oxygen atoms in total. The number of hydrogen-bond acceptors (Lipinski definition) is 3. The Balaban J connectivity index is 1.50. The molecule has 0 fully saturated rings. The molecule has 0 spiro atoms. The molecule has 0 saturated carbocycles. The van der Waals surface area contributed by atoms with Crippen LogP contribution in [0.5, 0.6) is 0 Å². The summed E-state index contributed by atoms with van der Waals surface area (Å²) in [6.45, 7) is 1.90. The molecule has 0 saturated heterocycles. The molecule has 3 aromatic rings. The van der Waals surface area contributed by atoms with Crippen LogP contribution in [0.4, 0.5) is 0 Å². The molecule has 0 atom stereocenters. The van der Waals surface area contributed by atoms with Gasteiger partial charge in [0.05, 0.1) is 0 Å². The van der Waals surface area contributed by atoms with Gasteiger partial charge >= 0.3 is 0 Å². The quantitative estimate of drug-likeness (QED) is 0.706. The van der Waals surface area contributed by atoms with E-state index in [-0.39, 0.29) is 0 Å². The highest BCUT2D eigenvalue weighted by Crippen LogP contribution is 2.27. The molecule has 0 aliphatic carbocycles. The molecule has 0 amide bonds. The number of aryl methyl sites for hydroxylation is 1. The zero-order chi connectivity index (χ0) is 14.5. The number of rotatable bonds is 6. The lowest BCUT2D eigenvalue weighted by molar-refractivity contribution is 0.646. The van der Waals surface area contributed by atoms with Gasteiger partial charge in [-0.2, -0.15) is 5.10 Å². The number of nitrogens with one attached hydrogen (secondary N) is 1. The summed E-state index contributed by atoms with van der Waals surface area (Å²) in [7, 11) is 1.99. The van der Waals surface area contributed by atoms with Crippen molar-refractivity contribution in [2.75, 3.05) is 6.54 Å². The van der Waals surface area contributed by atoms with E-state index in [0.717, 1.165) is 19.5 Å². The monoisotopic (exact) mass is 297 g/mol. The fraction of sp³-hybridized carbons (Fsp3) is 0.235. The molecule has 21 heavy (non-hydrogen) atoms. The van der Waals surface area contributed by atoms with Gasteiger partial charge in [-0.25, -0.2) is 0 Å². The summed E-state index contributed by atoms with van der Waals surface area (Å²) in [5.74, 6) is 0. The predicted molar refractivity (Wildman–Crippen MR) is 88.4 cm³/mol. The number of nitrogens with zero attached hydrogens (tertiary/aromatic N) is 2. The standard InChI is InChI=1S/C17H19N3S/c1-20-15(10-12-19-20)9-11-18-13-16-7-8-17(21-16)14-5-3-2-4-6-14/h2-8,10,12,18H,9,11,13H2,1H3. The molecule has 0 radical (unpaired) electrons. The van der Waals surface area contributed by atoms with Gasteiger partial charge in [-0.3, -0.25) is 4.68 Å². The number of hydrogen-bond donors (Lipinski definition) is 1. The van der Waals surface area contributed by atoms with Gasteiger partial charge in [-0.15, -0.1) is 11.3 Å². The summed E-state index contributed by atoms with van der Waals surface area (Å²) in [6, 6.07) is 17.0. The summed E-state index contributed by atoms with van der Waals surface area (Å²) in [6.07, 6.45) is 2.86. The highest BCUT2D eigenvalue weighted by molar-refractivity contribution is 7.15. The smallest absolute Gasteiger partial charge is 0.0492 e. The van der Waals surface area contributed by atoms with Gasteiger partial charge < -0.3 is 5.32 Å². The SMILES string of the molecule is Cn1nccc1CCNCc1ccc(-c2ccccc2)s1. The van der Waals surface area contributed by atoms with Crippen LogP contribution in [0.25, 0.3) is 10.4 Å². The van der Waals surface area contributed by atoms with E-state index in [0.29, 0.717) is 0 Å². The number of aromatic nitrogens is 2. The van der Waals surface area contributed by atoms with E-state index >= 15 is 0 Å². The van der Waals surface area contributed by atoms with Crippen LogP contribution in [0, 0.1) is 0 Å². The van der Waals surface area contributed by atoms with E-state index in [1.165, 1.54) is 21.0 Å². The van der Waals surface area contributed by atoms with Gasteiger partial charge in [0.15, 0.2) is 0 Å². The van der Waals surface area contributed by atoms with Crippen molar-refractivity contribution in [2.24, 2.45) is 7.05 Å². The summed E-state index contributed by atoms with van der Waals surface area (Å²) < 4.78 is 1.93. The van der Waals surface area contributed by atoms with E-state index in [4.69, 9.17) is 0 Å². The fourth-order valence-electron chi connectivity index (χ4n) is 2.31. The fourth-order valence-corrected chi connectivity index (χ4v) is 3.29. The summed E-state index contributed by atoms with van der Waals surface area (Å²) in [4.78, 5) is 2.71. The zero-order valence-electron chi connectivity index (χ0n) is 12.1. The summed E-state index contributed by atoms with van der Waals surface area (Å²) in [5, 5.41) is 7.68.